The lowest BCUT2D eigenvalue weighted by atomic mass is 10.1. The first-order chi connectivity index (χ1) is 8.52. The topological polar surface area (TPSA) is 64.2 Å². The van der Waals surface area contributed by atoms with Gasteiger partial charge in [-0.1, -0.05) is 0 Å². The van der Waals surface area contributed by atoms with Gasteiger partial charge in [0.15, 0.2) is 0 Å². The maximum atomic E-state index is 12.2. The highest BCUT2D eigenvalue weighted by Crippen LogP contribution is 2.34. The van der Waals surface area contributed by atoms with Gasteiger partial charge in [0.1, 0.15) is 6.54 Å². The summed E-state index contributed by atoms with van der Waals surface area (Å²) in [6.45, 7) is 4.75. The predicted molar refractivity (Wildman–Crippen MR) is 77.3 cm³/mol. The summed E-state index contributed by atoms with van der Waals surface area (Å²) in [5.74, 6) is 0.688. The normalized spacial score (nSPS) is 15.8. The second kappa shape index (κ2) is 6.39. The maximum Gasteiger partial charge on any atom is 0.244 e. The van der Waals surface area contributed by atoms with Gasteiger partial charge >= 0.3 is 0 Å². The van der Waals surface area contributed by atoms with Crippen LogP contribution >= 0.6 is 12.4 Å². The third kappa shape index (κ3) is 3.70. The van der Waals surface area contributed by atoms with Crippen LogP contribution in [0.2, 0.25) is 0 Å². The summed E-state index contributed by atoms with van der Waals surface area (Å²) in [5, 5.41) is 4.32. The van der Waals surface area contributed by atoms with E-state index >= 15 is 0 Å². The Hall–Kier alpha value is -1.07. The average molecular weight is 287 g/mol. The summed E-state index contributed by atoms with van der Waals surface area (Å²) in [7, 11) is 1.85. The number of nitrogens with two attached hydrogens (primary N) is 1. The summed E-state index contributed by atoms with van der Waals surface area (Å²) < 4.78 is 1.76. The first kappa shape index (κ1) is 16.0. The molecule has 5 nitrogen and oxygen atoms in total. The third-order valence-electron chi connectivity index (χ3n) is 3.69. The van der Waals surface area contributed by atoms with Crippen LogP contribution in [0.4, 0.5) is 0 Å². The predicted octanol–water partition coefficient (Wildman–Crippen LogP) is 1.12. The Morgan fingerprint density at radius 3 is 2.63 bits per heavy atom. The quantitative estimate of drug-likeness (QED) is 0.882. The number of amides is 1. The SMILES string of the molecule is Cc1cc(C)n(CC(=O)N(C)C(CN)C2CC2)n1.Cl. The van der Waals surface area contributed by atoms with Crippen molar-refractivity contribution in [1.82, 2.24) is 14.7 Å². The molecule has 0 aliphatic heterocycles. The zero-order valence-electron chi connectivity index (χ0n) is 11.8. The Labute approximate surface area is 120 Å². The van der Waals surface area contributed by atoms with Crippen LogP contribution < -0.4 is 5.73 Å². The van der Waals surface area contributed by atoms with Crippen molar-refractivity contribution >= 4 is 18.3 Å². The highest BCUT2D eigenvalue weighted by molar-refractivity contribution is 5.85. The molecule has 0 aromatic carbocycles. The van der Waals surface area contributed by atoms with E-state index < -0.39 is 0 Å². The van der Waals surface area contributed by atoms with E-state index in [1.54, 1.807) is 9.58 Å². The number of carbonyl (C=O) groups excluding carboxylic acids is 1. The van der Waals surface area contributed by atoms with Crippen molar-refractivity contribution in [3.8, 4) is 0 Å². The average Bonchev–Trinajstić information content (AvgIpc) is 3.08. The molecule has 108 valence electrons. The van der Waals surface area contributed by atoms with Crippen LogP contribution in [0.1, 0.15) is 24.2 Å². The minimum absolute atomic E-state index is 0. The van der Waals surface area contributed by atoms with Gasteiger partial charge in [-0.05, 0) is 38.7 Å². The Bertz CT molecular complexity index is 442. The molecular weight excluding hydrogens is 264 g/mol. The van der Waals surface area contributed by atoms with Gasteiger partial charge in [-0.15, -0.1) is 12.4 Å². The van der Waals surface area contributed by atoms with Crippen LogP contribution in [0.3, 0.4) is 0 Å². The zero-order chi connectivity index (χ0) is 13.3. The van der Waals surface area contributed by atoms with Crippen LogP contribution in [0.15, 0.2) is 6.07 Å². The number of hydrogen-bond acceptors (Lipinski definition) is 3. The molecule has 0 spiro atoms. The molecular formula is C13H23ClN4O. The Morgan fingerprint density at radius 2 is 2.21 bits per heavy atom. The van der Waals surface area contributed by atoms with E-state index in [1.807, 2.05) is 27.0 Å². The lowest BCUT2D eigenvalue weighted by Crippen LogP contribution is -2.44. The lowest BCUT2D eigenvalue weighted by molar-refractivity contribution is -0.133. The number of likely N-dealkylation sites (N-methyl/N-ethyl adjacent to an activating group) is 1. The molecule has 1 atom stereocenters. The van der Waals surface area contributed by atoms with E-state index in [9.17, 15) is 4.79 Å². The van der Waals surface area contributed by atoms with Crippen molar-refractivity contribution < 1.29 is 4.79 Å². The standard InChI is InChI=1S/C13H22N4O.ClH/c1-9-6-10(2)17(15-9)8-13(18)16(3)12(7-14)11-4-5-11;/h6,11-12H,4-5,7-8,14H2,1-3H3;1H. The van der Waals surface area contributed by atoms with E-state index in [4.69, 9.17) is 5.73 Å². The zero-order valence-corrected chi connectivity index (χ0v) is 12.6. The summed E-state index contributed by atoms with van der Waals surface area (Å²) in [5.41, 5.74) is 7.73. The molecule has 1 aromatic heterocycles. The number of nitrogens with zero attached hydrogens (tertiary/aromatic N) is 3. The van der Waals surface area contributed by atoms with Crippen molar-refractivity contribution in [1.29, 1.82) is 0 Å². The summed E-state index contributed by atoms with van der Waals surface area (Å²) in [6, 6.07) is 2.17. The monoisotopic (exact) mass is 286 g/mol. The van der Waals surface area contributed by atoms with E-state index in [-0.39, 0.29) is 24.4 Å². The molecule has 6 heteroatoms. The van der Waals surface area contributed by atoms with Crippen LogP contribution in [0.25, 0.3) is 0 Å². The van der Waals surface area contributed by atoms with Gasteiger partial charge < -0.3 is 10.6 Å². The number of aromatic nitrogens is 2. The van der Waals surface area contributed by atoms with E-state index in [0.717, 1.165) is 11.4 Å². The van der Waals surface area contributed by atoms with Gasteiger partial charge in [0.25, 0.3) is 0 Å². The molecule has 0 bridgehead atoms. The number of hydrogen-bond donors (Lipinski definition) is 1. The number of carbonyl (C=O) groups is 1. The molecule has 0 radical (unpaired) electrons. The second-order valence-electron chi connectivity index (χ2n) is 5.23. The van der Waals surface area contributed by atoms with Gasteiger partial charge in [0, 0.05) is 25.3 Å². The maximum absolute atomic E-state index is 12.2. The van der Waals surface area contributed by atoms with Gasteiger partial charge in [-0.25, -0.2) is 0 Å². The smallest absolute Gasteiger partial charge is 0.244 e. The van der Waals surface area contributed by atoms with Gasteiger partial charge in [0.05, 0.1) is 5.69 Å². The Kier molecular flexibility index (Phi) is 5.38. The molecule has 1 saturated carbocycles. The molecule has 1 heterocycles. The highest BCUT2D eigenvalue weighted by Gasteiger charge is 2.34. The fraction of sp³-hybridized carbons (Fsp3) is 0.692. The number of rotatable bonds is 5. The van der Waals surface area contributed by atoms with E-state index in [2.05, 4.69) is 5.10 Å². The fourth-order valence-electron chi connectivity index (χ4n) is 2.41. The highest BCUT2D eigenvalue weighted by atomic mass is 35.5. The largest absolute Gasteiger partial charge is 0.340 e. The third-order valence-corrected chi connectivity index (χ3v) is 3.69. The Morgan fingerprint density at radius 1 is 1.58 bits per heavy atom. The van der Waals surface area contributed by atoms with Gasteiger partial charge in [-0.3, -0.25) is 9.48 Å². The Balaban J connectivity index is 0.00000180. The molecule has 2 rings (SSSR count). The molecule has 2 N–H and O–H groups in total. The molecule has 1 aromatic rings. The molecule has 1 unspecified atom stereocenters. The van der Waals surface area contributed by atoms with Crippen LogP contribution in [-0.2, 0) is 11.3 Å². The van der Waals surface area contributed by atoms with Crippen molar-refractivity contribution in [3.63, 3.8) is 0 Å². The first-order valence-corrected chi connectivity index (χ1v) is 6.49. The molecule has 19 heavy (non-hydrogen) atoms. The van der Waals surface area contributed by atoms with Crippen molar-refractivity contribution in [2.24, 2.45) is 11.7 Å². The van der Waals surface area contributed by atoms with Gasteiger partial charge in [0.2, 0.25) is 5.91 Å². The van der Waals surface area contributed by atoms with Crippen molar-refractivity contribution in [2.75, 3.05) is 13.6 Å². The molecule has 0 saturated heterocycles. The van der Waals surface area contributed by atoms with E-state index in [1.165, 1.54) is 12.8 Å². The van der Waals surface area contributed by atoms with Crippen molar-refractivity contribution in [3.05, 3.63) is 17.5 Å². The molecule has 1 aliphatic carbocycles. The summed E-state index contributed by atoms with van der Waals surface area (Å²) in [4.78, 5) is 14.0. The molecule has 1 fully saturated rings. The minimum atomic E-state index is 0. The minimum Gasteiger partial charge on any atom is -0.340 e. The van der Waals surface area contributed by atoms with Crippen LogP contribution in [0.5, 0.6) is 0 Å². The summed E-state index contributed by atoms with van der Waals surface area (Å²) >= 11 is 0. The second-order valence-corrected chi connectivity index (χ2v) is 5.23. The molecule has 1 amide bonds. The number of halogens is 1. The summed E-state index contributed by atoms with van der Waals surface area (Å²) in [6.07, 6.45) is 2.39. The van der Waals surface area contributed by atoms with Crippen LogP contribution in [0, 0.1) is 19.8 Å². The van der Waals surface area contributed by atoms with Crippen LogP contribution in [-0.4, -0.2) is 40.2 Å². The van der Waals surface area contributed by atoms with Crippen molar-refractivity contribution in [2.45, 2.75) is 39.3 Å². The van der Waals surface area contributed by atoms with E-state index in [0.29, 0.717) is 19.0 Å². The first-order valence-electron chi connectivity index (χ1n) is 6.49. The fourth-order valence-corrected chi connectivity index (χ4v) is 2.41. The van der Waals surface area contributed by atoms with Gasteiger partial charge in [-0.2, -0.15) is 5.10 Å². The lowest BCUT2D eigenvalue weighted by Gasteiger charge is -2.27. The number of aryl methyl sites for hydroxylation is 2. The molecule has 1 aliphatic rings.